The molecule has 1 saturated heterocycles. The third kappa shape index (κ3) is 4.38. The Kier molecular flexibility index (Phi) is 5.87. The Morgan fingerprint density at radius 2 is 2.03 bits per heavy atom. The molecule has 0 spiro atoms. The maximum Gasteiger partial charge on any atom is 0.174 e. The number of sulfone groups is 1. The number of nitrogens with zero attached hydrogens (tertiary/aromatic N) is 2. The van der Waals surface area contributed by atoms with E-state index in [-0.39, 0.29) is 34.9 Å². The van der Waals surface area contributed by atoms with Crippen LogP contribution in [-0.2, 0) is 9.84 Å². The van der Waals surface area contributed by atoms with Gasteiger partial charge in [0, 0.05) is 33.9 Å². The van der Waals surface area contributed by atoms with Crippen LogP contribution in [0.2, 0.25) is 0 Å². The minimum Gasteiger partial charge on any atom is -0.344 e. The van der Waals surface area contributed by atoms with Gasteiger partial charge in [-0.25, -0.2) is 17.8 Å². The molecule has 1 aromatic carbocycles. The molecular formula is C21H21FN2O3S3. The lowest BCUT2D eigenvalue weighted by Gasteiger charge is -2.16. The average molecular weight is 465 g/mol. The molecule has 0 bridgehead atoms. The zero-order valence-corrected chi connectivity index (χ0v) is 19.0. The highest BCUT2D eigenvalue weighted by Gasteiger charge is 2.31. The normalized spacial score (nSPS) is 18.0. The Labute approximate surface area is 183 Å². The minimum atomic E-state index is -2.99. The van der Waals surface area contributed by atoms with E-state index >= 15 is 0 Å². The molecule has 0 N–H and O–H groups in total. The van der Waals surface area contributed by atoms with Crippen LogP contribution in [-0.4, -0.2) is 41.0 Å². The average Bonchev–Trinajstić information content (AvgIpc) is 3.38. The molecule has 5 nitrogen and oxygen atoms in total. The van der Waals surface area contributed by atoms with Crippen LogP contribution in [0, 0.1) is 19.7 Å². The summed E-state index contributed by atoms with van der Waals surface area (Å²) in [4.78, 5) is 17.4. The quantitative estimate of drug-likeness (QED) is 0.391. The molecule has 0 amide bonds. The van der Waals surface area contributed by atoms with Gasteiger partial charge in [0.05, 0.1) is 23.0 Å². The topological polar surface area (TPSA) is 69.0 Å². The van der Waals surface area contributed by atoms with E-state index in [0.717, 1.165) is 27.0 Å². The number of thiazole rings is 1. The van der Waals surface area contributed by atoms with E-state index in [0.29, 0.717) is 12.0 Å². The molecule has 0 radical (unpaired) electrons. The smallest absolute Gasteiger partial charge is 0.174 e. The number of carbonyl (C=O) groups excluding carboxylic acids is 1. The number of ketones is 1. The predicted molar refractivity (Wildman–Crippen MR) is 119 cm³/mol. The molecule has 1 fully saturated rings. The first-order chi connectivity index (χ1) is 14.2. The fraction of sp³-hybridized carbons (Fsp3) is 0.333. The van der Waals surface area contributed by atoms with E-state index in [1.807, 2.05) is 29.9 Å². The molecule has 2 aromatic heterocycles. The van der Waals surface area contributed by atoms with Gasteiger partial charge in [0.1, 0.15) is 5.82 Å². The molecule has 0 aliphatic carbocycles. The van der Waals surface area contributed by atoms with Crippen LogP contribution < -0.4 is 0 Å². The van der Waals surface area contributed by atoms with Gasteiger partial charge in [-0.1, -0.05) is 11.8 Å². The van der Waals surface area contributed by atoms with Crippen molar-refractivity contribution in [3.8, 4) is 11.3 Å². The second-order valence-electron chi connectivity index (χ2n) is 7.43. The molecule has 9 heteroatoms. The number of hydrogen-bond acceptors (Lipinski definition) is 6. The molecule has 30 heavy (non-hydrogen) atoms. The highest BCUT2D eigenvalue weighted by molar-refractivity contribution is 8.01. The van der Waals surface area contributed by atoms with Gasteiger partial charge in [-0.15, -0.1) is 11.3 Å². The van der Waals surface area contributed by atoms with Crippen LogP contribution in [0.5, 0.6) is 0 Å². The van der Waals surface area contributed by atoms with E-state index in [9.17, 15) is 17.6 Å². The summed E-state index contributed by atoms with van der Waals surface area (Å²) in [5, 5.41) is 1.90. The highest BCUT2D eigenvalue weighted by atomic mass is 32.2. The Hall–Kier alpha value is -1.97. The van der Waals surface area contributed by atoms with Gasteiger partial charge >= 0.3 is 0 Å². The van der Waals surface area contributed by atoms with Gasteiger partial charge in [0.25, 0.3) is 0 Å². The Bertz CT molecular complexity index is 1200. The summed E-state index contributed by atoms with van der Waals surface area (Å²) in [7, 11) is -2.99. The number of rotatable bonds is 6. The SMILES string of the molecule is Cc1cc(C(=O)CSc2nc(-c3ccc(F)cc3)cs2)c(C)n1C1CCS(=O)(=O)C1. The summed E-state index contributed by atoms with van der Waals surface area (Å²) in [6, 6.07) is 7.92. The molecule has 1 aliphatic rings. The first kappa shape index (κ1) is 21.3. The van der Waals surface area contributed by atoms with Crippen LogP contribution in [0.1, 0.15) is 34.2 Å². The fourth-order valence-electron chi connectivity index (χ4n) is 3.88. The summed E-state index contributed by atoms with van der Waals surface area (Å²) in [6.07, 6.45) is 0.590. The second-order valence-corrected chi connectivity index (χ2v) is 11.7. The minimum absolute atomic E-state index is 0.00117. The number of aromatic nitrogens is 2. The molecule has 1 unspecified atom stereocenters. The molecular weight excluding hydrogens is 443 g/mol. The molecule has 3 aromatic rings. The van der Waals surface area contributed by atoms with Crippen molar-refractivity contribution in [1.82, 2.24) is 9.55 Å². The van der Waals surface area contributed by atoms with Crippen molar-refractivity contribution < 1.29 is 17.6 Å². The number of benzene rings is 1. The zero-order chi connectivity index (χ0) is 21.5. The number of carbonyl (C=O) groups is 1. The van der Waals surface area contributed by atoms with Crippen LogP contribution in [0.3, 0.4) is 0 Å². The monoisotopic (exact) mass is 464 g/mol. The van der Waals surface area contributed by atoms with Crippen molar-refractivity contribution in [1.29, 1.82) is 0 Å². The summed E-state index contributed by atoms with van der Waals surface area (Å²) in [5.41, 5.74) is 3.97. The van der Waals surface area contributed by atoms with Gasteiger partial charge < -0.3 is 4.57 Å². The largest absolute Gasteiger partial charge is 0.344 e. The number of thioether (sulfide) groups is 1. The third-order valence-corrected chi connectivity index (χ3v) is 9.08. The van der Waals surface area contributed by atoms with Crippen molar-refractivity contribution in [3.05, 3.63) is 58.5 Å². The first-order valence-corrected chi connectivity index (χ1v) is 13.2. The van der Waals surface area contributed by atoms with Crippen molar-refractivity contribution in [2.24, 2.45) is 0 Å². The highest BCUT2D eigenvalue weighted by Crippen LogP contribution is 2.32. The maximum atomic E-state index is 13.1. The number of Topliss-reactive ketones (excluding diaryl/α,β-unsaturated/α-hetero) is 1. The van der Waals surface area contributed by atoms with Crippen molar-refractivity contribution in [2.75, 3.05) is 17.3 Å². The predicted octanol–water partition coefficient (Wildman–Crippen LogP) is 4.70. The van der Waals surface area contributed by atoms with Crippen molar-refractivity contribution >= 4 is 38.7 Å². The Morgan fingerprint density at radius 3 is 2.70 bits per heavy atom. The van der Waals surface area contributed by atoms with Gasteiger partial charge in [-0.2, -0.15) is 0 Å². The van der Waals surface area contributed by atoms with Crippen LogP contribution in [0.15, 0.2) is 40.1 Å². The molecule has 4 rings (SSSR count). The number of aryl methyl sites for hydroxylation is 1. The summed E-state index contributed by atoms with van der Waals surface area (Å²) < 4.78 is 39.6. The summed E-state index contributed by atoms with van der Waals surface area (Å²) >= 11 is 2.83. The summed E-state index contributed by atoms with van der Waals surface area (Å²) in [6.45, 7) is 3.80. The van der Waals surface area contributed by atoms with E-state index in [4.69, 9.17) is 0 Å². The maximum absolute atomic E-state index is 13.1. The molecule has 1 aliphatic heterocycles. The van der Waals surface area contributed by atoms with E-state index in [1.54, 1.807) is 12.1 Å². The zero-order valence-electron chi connectivity index (χ0n) is 16.6. The Morgan fingerprint density at radius 1 is 1.30 bits per heavy atom. The van der Waals surface area contributed by atoms with E-state index < -0.39 is 9.84 Å². The van der Waals surface area contributed by atoms with Gasteiger partial charge in [-0.3, -0.25) is 4.79 Å². The van der Waals surface area contributed by atoms with E-state index in [2.05, 4.69) is 4.98 Å². The van der Waals surface area contributed by atoms with E-state index in [1.165, 1.54) is 35.2 Å². The number of halogens is 1. The third-order valence-electron chi connectivity index (χ3n) is 5.31. The lowest BCUT2D eigenvalue weighted by Crippen LogP contribution is -2.14. The van der Waals surface area contributed by atoms with Crippen molar-refractivity contribution in [2.45, 2.75) is 30.6 Å². The lowest BCUT2D eigenvalue weighted by molar-refractivity contribution is 0.102. The number of hydrogen-bond donors (Lipinski definition) is 0. The fourth-order valence-corrected chi connectivity index (χ4v) is 7.30. The van der Waals surface area contributed by atoms with Crippen LogP contribution >= 0.6 is 23.1 Å². The molecule has 0 saturated carbocycles. The van der Waals surface area contributed by atoms with Crippen molar-refractivity contribution in [3.63, 3.8) is 0 Å². The van der Waals surface area contributed by atoms with Gasteiger partial charge in [0.15, 0.2) is 20.0 Å². The van der Waals surface area contributed by atoms with Crippen LogP contribution in [0.25, 0.3) is 11.3 Å². The van der Waals surface area contributed by atoms with Gasteiger partial charge in [-0.05, 0) is 50.6 Å². The second kappa shape index (κ2) is 8.28. The molecule has 158 valence electrons. The van der Waals surface area contributed by atoms with Gasteiger partial charge in [0.2, 0.25) is 0 Å². The lowest BCUT2D eigenvalue weighted by atomic mass is 10.2. The first-order valence-electron chi connectivity index (χ1n) is 9.50. The summed E-state index contributed by atoms with van der Waals surface area (Å²) in [5.74, 6) is 0.301. The molecule has 3 heterocycles. The van der Waals surface area contributed by atoms with Crippen LogP contribution in [0.4, 0.5) is 4.39 Å². The molecule has 1 atom stereocenters. The Balaban J connectivity index is 1.45. The standard InChI is InChI=1S/C21H21FN2O3S3/c1-13-9-18(14(2)24(13)17-7-8-30(26,27)12-17)20(25)11-29-21-23-19(10-28-21)15-3-5-16(22)6-4-15/h3-6,9-10,17H,7-8,11-12H2,1-2H3.